The molecule has 0 radical (unpaired) electrons. The van der Waals surface area contributed by atoms with Gasteiger partial charge in [0.15, 0.2) is 0 Å². The molecule has 10 nitrogen and oxygen atoms in total. The first-order valence-corrected chi connectivity index (χ1v) is 35.1. The third kappa shape index (κ3) is 26.8. The number of carbonyl (C=O) groups excluding carboxylic acids is 5. The van der Waals surface area contributed by atoms with E-state index in [0.717, 1.165) is 20.8 Å². The van der Waals surface area contributed by atoms with Gasteiger partial charge >= 0.3 is 167 Å². The second kappa shape index (κ2) is 44.1. The molecule has 0 aliphatic rings. The van der Waals surface area contributed by atoms with E-state index in [1.165, 1.54) is 34.6 Å². The van der Waals surface area contributed by atoms with Crippen molar-refractivity contribution in [1.29, 1.82) is 0 Å². The van der Waals surface area contributed by atoms with E-state index in [-0.39, 0.29) is 74.3 Å². The van der Waals surface area contributed by atoms with Crippen molar-refractivity contribution < 1.29 is 292 Å². The molecular formula is C66H66F61N5O5. The van der Waals surface area contributed by atoms with Crippen LogP contribution in [0.2, 0.25) is 0 Å². The zero-order chi connectivity index (χ0) is 113. The summed E-state index contributed by atoms with van der Waals surface area (Å²) < 4.78 is 790. The number of amides is 5. The largest absolute Gasteiger partial charge is 0.460 e. The predicted octanol–water partition coefficient (Wildman–Crippen LogP) is 25.6. The Balaban J connectivity index is -0.000000531. The van der Waals surface area contributed by atoms with Crippen molar-refractivity contribution in [3.8, 4) is 0 Å². The van der Waals surface area contributed by atoms with Gasteiger partial charge in [-0.2, -0.15) is 268 Å². The minimum atomic E-state index is -7.96. The maximum atomic E-state index is 13.8. The number of nitrogens with zero attached hydrogens (tertiary/aromatic N) is 5. The Hall–Kier alpha value is -8.22. The van der Waals surface area contributed by atoms with E-state index in [0.29, 0.717) is 0 Å². The van der Waals surface area contributed by atoms with Crippen molar-refractivity contribution in [3.05, 3.63) is 61.8 Å². The first kappa shape index (κ1) is 137. The zero-order valence-electron chi connectivity index (χ0n) is 68.6. The fourth-order valence-electron chi connectivity index (χ4n) is 9.02. The van der Waals surface area contributed by atoms with E-state index >= 15 is 0 Å². The second-order valence-corrected chi connectivity index (χ2v) is 27.8. The van der Waals surface area contributed by atoms with Gasteiger partial charge in [-0.15, -0.1) is 0 Å². The molecule has 0 fully saturated rings. The van der Waals surface area contributed by atoms with Crippen LogP contribution in [0.1, 0.15) is 87.5 Å². The first-order chi connectivity index (χ1) is 59.4. The third-order valence-electron chi connectivity index (χ3n) is 16.5. The van der Waals surface area contributed by atoms with Gasteiger partial charge in [0.25, 0.3) is 0 Å². The summed E-state index contributed by atoms with van der Waals surface area (Å²) in [5, 5.41) is 0. The number of carbonyl (C=O) groups is 5. The van der Waals surface area contributed by atoms with Crippen molar-refractivity contribution >= 4 is 29.5 Å². The molecule has 0 spiro atoms. The fraction of sp³-hybridized carbons (Fsp3) is 0.773. The zero-order valence-corrected chi connectivity index (χ0v) is 68.6. The molecule has 137 heavy (non-hydrogen) atoms. The quantitative estimate of drug-likeness (QED) is 0.0447. The van der Waals surface area contributed by atoms with Crippen LogP contribution < -0.4 is 0 Å². The molecule has 0 atom stereocenters. The lowest BCUT2D eigenvalue weighted by atomic mass is 9.93. The molecular weight excluding hydrogens is 2100 g/mol. The van der Waals surface area contributed by atoms with Gasteiger partial charge in [-0.05, 0) is 65.0 Å². The Kier molecular flexibility index (Phi) is 44.2. The van der Waals surface area contributed by atoms with Crippen LogP contribution in [0, 0.1) is 0 Å². The van der Waals surface area contributed by atoms with Gasteiger partial charge in [-0.3, -0.25) is 24.0 Å². The predicted molar refractivity (Wildman–Crippen MR) is 343 cm³/mol. The lowest BCUT2D eigenvalue weighted by Gasteiger charge is -2.40. The van der Waals surface area contributed by atoms with Gasteiger partial charge in [0.2, 0.25) is 29.5 Å². The third-order valence-corrected chi connectivity index (χ3v) is 16.5. The number of halogens is 61. The monoisotopic (exact) mass is 2170 g/mol. The van der Waals surface area contributed by atoms with E-state index in [9.17, 15) is 292 Å². The van der Waals surface area contributed by atoms with Crippen LogP contribution in [0.25, 0.3) is 0 Å². The average Bonchev–Trinajstić information content (AvgIpc) is 0.727. The van der Waals surface area contributed by atoms with Crippen molar-refractivity contribution in [3.63, 3.8) is 0 Å². The van der Waals surface area contributed by atoms with Crippen LogP contribution in [0.15, 0.2) is 61.8 Å². The molecule has 0 unspecified atom stereocenters. The van der Waals surface area contributed by atoms with E-state index in [4.69, 9.17) is 0 Å². The second-order valence-electron chi connectivity index (χ2n) is 27.8. The van der Waals surface area contributed by atoms with Crippen molar-refractivity contribution in [2.75, 3.05) is 65.4 Å². The highest BCUT2D eigenvalue weighted by molar-refractivity contribution is 5.93. The molecule has 71 heteroatoms. The minimum absolute atomic E-state index is 0.0175. The summed E-state index contributed by atoms with van der Waals surface area (Å²) in [6, 6.07) is 0. The van der Waals surface area contributed by atoms with E-state index < -0.39 is 273 Å². The Morgan fingerprint density at radius 2 is 0.292 bits per heavy atom. The van der Waals surface area contributed by atoms with E-state index in [2.05, 4.69) is 32.9 Å². The number of hydrogen-bond acceptors (Lipinski definition) is 5. The summed E-state index contributed by atoms with van der Waals surface area (Å²) in [5.74, 6) is -176. The van der Waals surface area contributed by atoms with Gasteiger partial charge in [0.05, 0.1) is 32.7 Å². The average molecular weight is 2170 g/mol. The number of alkyl halides is 61. The fourth-order valence-corrected chi connectivity index (χ4v) is 9.02. The van der Waals surface area contributed by atoms with Crippen LogP contribution >= 0.6 is 0 Å². The molecule has 0 aromatic heterocycles. The smallest absolute Gasteiger partial charge is 0.333 e. The van der Waals surface area contributed by atoms with Crippen LogP contribution in [-0.4, -0.2) is 287 Å². The molecule has 5 amide bonds. The summed E-state index contributed by atoms with van der Waals surface area (Å²) in [7, 11) is 0. The summed E-state index contributed by atoms with van der Waals surface area (Å²) in [4.78, 5) is 56.5. The molecule has 0 bridgehead atoms. The lowest BCUT2D eigenvalue weighted by Crippen LogP contribution is -2.71. The van der Waals surface area contributed by atoms with Gasteiger partial charge in [-0.1, -0.05) is 67.5 Å². The van der Waals surface area contributed by atoms with E-state index in [1.54, 1.807) is 0 Å². The van der Waals surface area contributed by atoms with Gasteiger partial charge in [0.1, 0.15) is 0 Å². The highest BCUT2D eigenvalue weighted by Gasteiger charge is 2.96. The molecule has 0 saturated heterocycles. The van der Waals surface area contributed by atoms with Crippen molar-refractivity contribution in [2.45, 2.75) is 255 Å². The van der Waals surface area contributed by atoms with Crippen molar-refractivity contribution in [1.82, 2.24) is 24.5 Å². The molecule has 0 aromatic carbocycles. The van der Waals surface area contributed by atoms with Crippen LogP contribution in [0.4, 0.5) is 268 Å². The van der Waals surface area contributed by atoms with Crippen LogP contribution in [-0.2, 0) is 24.0 Å². The molecule has 0 N–H and O–H groups in total. The lowest BCUT2D eigenvalue weighted by molar-refractivity contribution is -0.440. The summed E-state index contributed by atoms with van der Waals surface area (Å²) in [5.41, 5.74) is -1.48. The Morgan fingerprint density at radius 3 is 0.401 bits per heavy atom. The standard InChI is InChI=1S/2C14H14F13NO.2C13H12F13NO.C12H14F9NO/c2*1-4-5-28(8(29)7(2)3)6-9(15,16)10(17,18)11(19,20)12(21,22)13(23,24)14(25,26)27;2*1-3-5-27(7(28)4-2)6-8(14,15)9(16,17)10(18,19)11(20,21)12(22,23)13(24,25)26;1-4-5-22(8(23)7(2)3)6-9(13,14)10(15,16)11(17,18)12(19,20)21/h2*2,4-6H2,1,3H3;2*4H,2-3,5-6H2,1H3;2,4-6H2,1,3H3. The molecule has 0 heterocycles. The number of hydrogen-bond donors (Lipinski definition) is 0. The molecule has 0 aliphatic carbocycles. The molecule has 0 aromatic rings. The highest BCUT2D eigenvalue weighted by atomic mass is 19.5. The maximum absolute atomic E-state index is 13.8. The van der Waals surface area contributed by atoms with Gasteiger partial charge in [-0.25, -0.2) is 0 Å². The Morgan fingerprint density at radius 1 is 0.190 bits per heavy atom. The van der Waals surface area contributed by atoms with Gasteiger partial charge in [0, 0.05) is 49.4 Å². The van der Waals surface area contributed by atoms with Crippen LogP contribution in [0.3, 0.4) is 0 Å². The Bertz CT molecular complexity index is 3820. The Labute approximate surface area is 727 Å². The first-order valence-electron chi connectivity index (χ1n) is 35.1. The van der Waals surface area contributed by atoms with Crippen molar-refractivity contribution in [2.24, 2.45) is 0 Å². The normalized spacial score (nSPS) is 14.6. The highest BCUT2D eigenvalue weighted by Crippen LogP contribution is 2.66. The number of rotatable bonds is 43. The topological polar surface area (TPSA) is 102 Å². The minimum Gasteiger partial charge on any atom is -0.333 e. The van der Waals surface area contributed by atoms with Gasteiger partial charge < -0.3 is 24.5 Å². The summed E-state index contributed by atoms with van der Waals surface area (Å²) in [6.45, 7) is 6.91. The maximum Gasteiger partial charge on any atom is 0.460 e. The SMILES string of the molecule is C=C(C)C(=O)N(CCC)CC(F)(F)C(F)(F)C(F)(F)C(F)(F)C(F)(F)C(F)(F)F.C=C(C)C(=O)N(CCC)CC(F)(F)C(F)(F)C(F)(F)C(F)(F)C(F)(F)C(F)(F)F.C=C(C)C(=O)N(CCC)CC(F)(F)C(F)(F)C(F)(F)C(F)(F)F.C=CC(=O)N(CCC)CC(F)(F)C(F)(F)C(F)(F)C(F)(F)C(F)(F)C(F)(F)F.C=CC(=O)N(CCC)CC(F)(F)C(F)(F)C(F)(F)C(F)(F)C(F)(F)C(F)(F)F. The molecule has 812 valence electrons. The molecule has 0 saturated carbocycles. The summed E-state index contributed by atoms with van der Waals surface area (Å²) >= 11 is 0. The van der Waals surface area contributed by atoms with E-state index in [1.807, 2.05) is 0 Å². The van der Waals surface area contributed by atoms with Crippen LogP contribution in [0.5, 0.6) is 0 Å². The molecule has 0 rings (SSSR count). The molecule has 0 aliphatic heterocycles. The summed E-state index contributed by atoms with van der Waals surface area (Å²) in [6.07, 6.45) is -37.1.